The van der Waals surface area contributed by atoms with Gasteiger partial charge in [0.2, 0.25) is 5.09 Å². The van der Waals surface area contributed by atoms with E-state index in [4.69, 9.17) is 14.0 Å². The first-order valence-electron chi connectivity index (χ1n) is 6.66. The summed E-state index contributed by atoms with van der Waals surface area (Å²) in [4.78, 5) is 10.8. The summed E-state index contributed by atoms with van der Waals surface area (Å²) < 4.78 is 36.6. The van der Waals surface area contributed by atoms with Crippen LogP contribution >= 0.6 is 0 Å². The first kappa shape index (κ1) is 16.2. The van der Waals surface area contributed by atoms with E-state index >= 15 is 0 Å². The summed E-state index contributed by atoms with van der Waals surface area (Å²) in [5, 5.41) is 12.2. The standard InChI is InChI=1S/C13H16N2O6S/c1-3-10-9(11(4-2)21-15-10)6-14-22(18,19)12-5-8(7-20-12)13(16)17/h5,7,14H,3-4,6H2,1-2H3,(H,16,17). The highest BCUT2D eigenvalue weighted by Crippen LogP contribution is 2.18. The third-order valence-electron chi connectivity index (χ3n) is 3.13. The van der Waals surface area contributed by atoms with Crippen molar-refractivity contribution in [3.63, 3.8) is 0 Å². The van der Waals surface area contributed by atoms with Gasteiger partial charge in [0, 0.05) is 24.6 Å². The minimum atomic E-state index is -3.95. The second-order valence-electron chi connectivity index (χ2n) is 4.52. The van der Waals surface area contributed by atoms with Crippen molar-refractivity contribution in [1.82, 2.24) is 9.88 Å². The van der Waals surface area contributed by atoms with Crippen LogP contribution in [0.4, 0.5) is 0 Å². The Bertz CT molecular complexity index is 753. The van der Waals surface area contributed by atoms with E-state index in [1.807, 2.05) is 13.8 Å². The number of nitrogens with one attached hydrogen (secondary N) is 1. The number of furan rings is 1. The van der Waals surface area contributed by atoms with Crippen LogP contribution in [0.1, 0.15) is 41.2 Å². The van der Waals surface area contributed by atoms with Gasteiger partial charge in [-0.3, -0.25) is 0 Å². The molecule has 0 aliphatic heterocycles. The molecule has 0 amide bonds. The molecule has 0 atom stereocenters. The normalized spacial score (nSPS) is 11.7. The lowest BCUT2D eigenvalue weighted by atomic mass is 10.1. The molecule has 0 radical (unpaired) electrons. The maximum Gasteiger partial charge on any atom is 0.339 e. The van der Waals surface area contributed by atoms with Crippen molar-refractivity contribution in [3.8, 4) is 0 Å². The zero-order chi connectivity index (χ0) is 16.3. The van der Waals surface area contributed by atoms with Gasteiger partial charge in [0.15, 0.2) is 0 Å². The number of carbonyl (C=O) groups is 1. The molecule has 22 heavy (non-hydrogen) atoms. The first-order chi connectivity index (χ1) is 10.4. The first-order valence-corrected chi connectivity index (χ1v) is 8.15. The summed E-state index contributed by atoms with van der Waals surface area (Å²) in [6.45, 7) is 3.77. The molecule has 2 aromatic heterocycles. The van der Waals surface area contributed by atoms with Gasteiger partial charge < -0.3 is 14.0 Å². The molecule has 0 fully saturated rings. The number of aryl methyl sites for hydroxylation is 2. The second-order valence-corrected chi connectivity index (χ2v) is 6.22. The van der Waals surface area contributed by atoms with Crippen molar-refractivity contribution in [2.24, 2.45) is 0 Å². The molecule has 0 bridgehead atoms. The summed E-state index contributed by atoms with van der Waals surface area (Å²) in [6.07, 6.45) is 2.09. The lowest BCUT2D eigenvalue weighted by Gasteiger charge is -2.04. The Hall–Kier alpha value is -2.13. The van der Waals surface area contributed by atoms with Crippen LogP contribution in [-0.2, 0) is 29.4 Å². The van der Waals surface area contributed by atoms with E-state index in [0.29, 0.717) is 29.9 Å². The molecule has 2 heterocycles. The summed E-state index contributed by atoms with van der Waals surface area (Å²) in [7, 11) is -3.95. The van der Waals surface area contributed by atoms with Gasteiger partial charge in [-0.25, -0.2) is 17.9 Å². The quantitative estimate of drug-likeness (QED) is 0.790. The smallest absolute Gasteiger partial charge is 0.339 e. The van der Waals surface area contributed by atoms with E-state index in [-0.39, 0.29) is 12.1 Å². The topological polar surface area (TPSA) is 123 Å². The molecule has 2 aromatic rings. The number of sulfonamides is 1. The van der Waals surface area contributed by atoms with Crippen LogP contribution in [0.2, 0.25) is 0 Å². The largest absolute Gasteiger partial charge is 0.478 e. The number of hydrogen-bond acceptors (Lipinski definition) is 6. The number of carboxylic acid groups (broad SMARTS) is 1. The lowest BCUT2D eigenvalue weighted by molar-refractivity contribution is 0.0696. The zero-order valence-electron chi connectivity index (χ0n) is 12.1. The predicted octanol–water partition coefficient (Wildman–Crippen LogP) is 1.57. The second kappa shape index (κ2) is 6.32. The third-order valence-corrected chi connectivity index (χ3v) is 4.40. The average Bonchev–Trinajstić information content (AvgIpc) is 3.11. The number of aromatic carboxylic acids is 1. The molecule has 0 unspecified atom stereocenters. The van der Waals surface area contributed by atoms with E-state index in [1.165, 1.54) is 0 Å². The number of nitrogens with zero attached hydrogens (tertiary/aromatic N) is 1. The maximum atomic E-state index is 12.1. The Morgan fingerprint density at radius 1 is 1.36 bits per heavy atom. The molecule has 2 N–H and O–H groups in total. The summed E-state index contributed by atoms with van der Waals surface area (Å²) in [6, 6.07) is 0.958. The van der Waals surface area contributed by atoms with Crippen LogP contribution in [-0.4, -0.2) is 24.7 Å². The Morgan fingerprint density at radius 3 is 2.64 bits per heavy atom. The van der Waals surface area contributed by atoms with E-state index < -0.39 is 21.1 Å². The van der Waals surface area contributed by atoms with Gasteiger partial charge in [-0.15, -0.1) is 0 Å². The zero-order valence-corrected chi connectivity index (χ0v) is 12.9. The van der Waals surface area contributed by atoms with Crippen molar-refractivity contribution in [3.05, 3.63) is 34.9 Å². The van der Waals surface area contributed by atoms with Crippen LogP contribution in [0.5, 0.6) is 0 Å². The number of hydrogen-bond donors (Lipinski definition) is 2. The van der Waals surface area contributed by atoms with Crippen LogP contribution in [0.15, 0.2) is 26.4 Å². The molecule has 8 nitrogen and oxygen atoms in total. The Morgan fingerprint density at radius 2 is 2.09 bits per heavy atom. The van der Waals surface area contributed by atoms with Gasteiger partial charge in [-0.2, -0.15) is 0 Å². The minimum absolute atomic E-state index is 0.00127. The monoisotopic (exact) mass is 328 g/mol. The number of carboxylic acids is 1. The van der Waals surface area contributed by atoms with Gasteiger partial charge in [-0.05, 0) is 6.42 Å². The minimum Gasteiger partial charge on any atom is -0.478 e. The Kier molecular flexibility index (Phi) is 4.67. The highest BCUT2D eigenvalue weighted by molar-refractivity contribution is 7.89. The fourth-order valence-electron chi connectivity index (χ4n) is 1.95. The van der Waals surface area contributed by atoms with E-state index in [2.05, 4.69) is 9.88 Å². The van der Waals surface area contributed by atoms with E-state index in [1.54, 1.807) is 0 Å². The summed E-state index contributed by atoms with van der Waals surface area (Å²) >= 11 is 0. The fourth-order valence-corrected chi connectivity index (χ4v) is 2.88. The lowest BCUT2D eigenvalue weighted by Crippen LogP contribution is -2.23. The number of rotatable bonds is 7. The highest BCUT2D eigenvalue weighted by atomic mass is 32.2. The van der Waals surface area contributed by atoms with Gasteiger partial charge in [0.1, 0.15) is 12.0 Å². The molecule has 0 saturated heterocycles. The molecular weight excluding hydrogens is 312 g/mol. The summed E-state index contributed by atoms with van der Waals surface area (Å²) in [5.74, 6) is -0.643. The van der Waals surface area contributed by atoms with Crippen molar-refractivity contribution < 1.29 is 27.3 Å². The molecule has 0 aliphatic rings. The molecule has 0 aromatic carbocycles. The highest BCUT2D eigenvalue weighted by Gasteiger charge is 2.22. The SMILES string of the molecule is CCc1noc(CC)c1CNS(=O)(=O)c1cc(C(=O)O)co1. The van der Waals surface area contributed by atoms with Crippen molar-refractivity contribution in [2.75, 3.05) is 0 Å². The molecule has 0 saturated carbocycles. The number of aromatic nitrogens is 1. The van der Waals surface area contributed by atoms with Crippen LogP contribution in [0, 0.1) is 0 Å². The molecule has 9 heteroatoms. The maximum absolute atomic E-state index is 12.1. The summed E-state index contributed by atoms with van der Waals surface area (Å²) in [5.41, 5.74) is 1.15. The van der Waals surface area contributed by atoms with Crippen LogP contribution in [0.3, 0.4) is 0 Å². The van der Waals surface area contributed by atoms with Crippen LogP contribution in [0.25, 0.3) is 0 Å². The predicted molar refractivity (Wildman–Crippen MR) is 75.0 cm³/mol. The van der Waals surface area contributed by atoms with Crippen molar-refractivity contribution in [1.29, 1.82) is 0 Å². The fraction of sp³-hybridized carbons (Fsp3) is 0.385. The van der Waals surface area contributed by atoms with Gasteiger partial charge in [-0.1, -0.05) is 19.0 Å². The average molecular weight is 328 g/mol. The Labute approximate surface area is 127 Å². The van der Waals surface area contributed by atoms with E-state index in [9.17, 15) is 13.2 Å². The van der Waals surface area contributed by atoms with Crippen molar-refractivity contribution in [2.45, 2.75) is 38.3 Å². The Balaban J connectivity index is 2.19. The van der Waals surface area contributed by atoms with Gasteiger partial charge in [0.25, 0.3) is 10.0 Å². The molecule has 120 valence electrons. The molecule has 2 rings (SSSR count). The van der Waals surface area contributed by atoms with Gasteiger partial charge in [0.05, 0.1) is 11.3 Å². The van der Waals surface area contributed by atoms with Gasteiger partial charge >= 0.3 is 5.97 Å². The van der Waals surface area contributed by atoms with Crippen LogP contribution < -0.4 is 4.72 Å². The molecule has 0 aliphatic carbocycles. The molecule has 0 spiro atoms. The van der Waals surface area contributed by atoms with E-state index in [0.717, 1.165) is 12.3 Å². The van der Waals surface area contributed by atoms with Crippen molar-refractivity contribution >= 4 is 16.0 Å². The molecular formula is C13H16N2O6S. The third kappa shape index (κ3) is 3.20.